The predicted molar refractivity (Wildman–Crippen MR) is 81.9 cm³/mol. The molecule has 2 aromatic heterocycles. The normalized spacial score (nSPS) is 11.3. The Morgan fingerprint density at radius 2 is 2.05 bits per heavy atom. The van der Waals surface area contributed by atoms with Crippen molar-refractivity contribution in [1.29, 1.82) is 0 Å². The van der Waals surface area contributed by atoms with Crippen LogP contribution in [0.5, 0.6) is 0 Å². The monoisotopic (exact) mass is 327 g/mol. The van der Waals surface area contributed by atoms with E-state index in [2.05, 4.69) is 26.1 Å². The molecule has 1 aromatic carbocycles. The van der Waals surface area contributed by atoms with Gasteiger partial charge in [-0.1, -0.05) is 30.1 Å². The molecule has 0 aliphatic heterocycles. The van der Waals surface area contributed by atoms with Crippen molar-refractivity contribution in [2.75, 3.05) is 6.54 Å². The maximum atomic E-state index is 6.29. The number of nitrogens with zero attached hydrogens (tertiary/aromatic N) is 4. The summed E-state index contributed by atoms with van der Waals surface area (Å²) in [5, 5.41) is 8.74. The van der Waals surface area contributed by atoms with Crippen molar-refractivity contribution in [2.45, 2.75) is 13.5 Å². The van der Waals surface area contributed by atoms with E-state index in [0.29, 0.717) is 33.3 Å². The van der Waals surface area contributed by atoms with Crippen LogP contribution in [0.25, 0.3) is 16.7 Å². The first kappa shape index (κ1) is 13.8. The first-order chi connectivity index (χ1) is 9.70. The van der Waals surface area contributed by atoms with Crippen molar-refractivity contribution in [2.24, 2.45) is 0 Å². The molecule has 0 aliphatic rings. The average Bonchev–Trinajstić information content (AvgIpc) is 3.05. The van der Waals surface area contributed by atoms with Crippen LogP contribution in [0, 0.1) is 0 Å². The second kappa shape index (κ2) is 5.65. The molecule has 3 rings (SSSR count). The molecule has 3 aromatic rings. The van der Waals surface area contributed by atoms with Crippen LogP contribution in [-0.2, 0) is 6.54 Å². The fourth-order valence-electron chi connectivity index (χ4n) is 1.91. The molecule has 5 nitrogen and oxygen atoms in total. The lowest BCUT2D eigenvalue weighted by Crippen LogP contribution is -2.12. The highest BCUT2D eigenvalue weighted by atomic mass is 35.5. The molecule has 0 fully saturated rings. The molecule has 0 unspecified atom stereocenters. The largest absolute Gasteiger partial charge is 0.311 e. The van der Waals surface area contributed by atoms with E-state index in [1.165, 1.54) is 0 Å². The number of hydrogen-bond acceptors (Lipinski definition) is 5. The first-order valence-corrected chi connectivity index (χ1v) is 7.55. The van der Waals surface area contributed by atoms with E-state index in [1.807, 2.05) is 12.3 Å². The number of rotatable bonds is 4. The zero-order valence-corrected chi connectivity index (χ0v) is 12.9. The van der Waals surface area contributed by atoms with Gasteiger partial charge in [-0.25, -0.2) is 4.68 Å². The van der Waals surface area contributed by atoms with Gasteiger partial charge in [0.15, 0.2) is 0 Å². The van der Waals surface area contributed by atoms with E-state index >= 15 is 0 Å². The molecule has 0 saturated carbocycles. The summed E-state index contributed by atoms with van der Waals surface area (Å²) >= 11 is 13.5. The van der Waals surface area contributed by atoms with E-state index in [1.54, 1.807) is 10.7 Å². The van der Waals surface area contributed by atoms with E-state index in [9.17, 15) is 0 Å². The number of benzene rings is 1. The number of hydrogen-bond donors (Lipinski definition) is 1. The quantitative estimate of drug-likeness (QED) is 0.798. The van der Waals surface area contributed by atoms with Crippen LogP contribution < -0.4 is 5.32 Å². The third kappa shape index (κ3) is 2.40. The molecule has 0 aliphatic carbocycles. The van der Waals surface area contributed by atoms with Gasteiger partial charge in [0.25, 0.3) is 0 Å². The van der Waals surface area contributed by atoms with Crippen LogP contribution in [0.4, 0.5) is 0 Å². The van der Waals surface area contributed by atoms with Gasteiger partial charge in [-0.3, -0.25) is 0 Å². The molecule has 104 valence electrons. The molecule has 0 radical (unpaired) electrons. The summed E-state index contributed by atoms with van der Waals surface area (Å²) in [5.41, 5.74) is 2.97. The van der Waals surface area contributed by atoms with Crippen molar-refractivity contribution in [3.63, 3.8) is 0 Å². The third-order valence-electron chi connectivity index (χ3n) is 2.85. The summed E-state index contributed by atoms with van der Waals surface area (Å²) in [5.74, 6) is 0. The number of fused-ring (bicyclic) bond motifs is 1. The van der Waals surface area contributed by atoms with Crippen molar-refractivity contribution >= 4 is 46.0 Å². The smallest absolute Gasteiger partial charge is 0.133 e. The van der Waals surface area contributed by atoms with Gasteiger partial charge in [0, 0.05) is 12.7 Å². The predicted octanol–water partition coefficient (Wildman–Crippen LogP) is 3.29. The van der Waals surface area contributed by atoms with Crippen molar-refractivity contribution < 1.29 is 0 Å². The van der Waals surface area contributed by atoms with Crippen LogP contribution in [0.1, 0.15) is 12.6 Å². The molecular weight excluding hydrogens is 317 g/mol. The fourth-order valence-corrected chi connectivity index (χ4v) is 3.11. The van der Waals surface area contributed by atoms with E-state index in [-0.39, 0.29) is 0 Å². The van der Waals surface area contributed by atoms with Crippen LogP contribution in [0.15, 0.2) is 18.3 Å². The molecule has 2 heterocycles. The van der Waals surface area contributed by atoms with Crippen LogP contribution in [-0.4, -0.2) is 25.1 Å². The van der Waals surface area contributed by atoms with Gasteiger partial charge in [0.05, 0.1) is 27.5 Å². The molecule has 0 atom stereocenters. The minimum absolute atomic E-state index is 0.502. The zero-order valence-electron chi connectivity index (χ0n) is 10.6. The van der Waals surface area contributed by atoms with Gasteiger partial charge < -0.3 is 5.32 Å². The van der Waals surface area contributed by atoms with E-state index in [4.69, 9.17) is 23.2 Å². The Kier molecular flexibility index (Phi) is 3.89. The van der Waals surface area contributed by atoms with Crippen molar-refractivity contribution in [1.82, 2.24) is 23.8 Å². The molecule has 0 spiro atoms. The Bertz CT molecular complexity index is 751. The number of nitrogens with one attached hydrogen (secondary N) is 1. The molecule has 0 amide bonds. The minimum atomic E-state index is 0.502. The van der Waals surface area contributed by atoms with Gasteiger partial charge >= 0.3 is 0 Å². The van der Waals surface area contributed by atoms with Crippen LogP contribution >= 0.6 is 34.9 Å². The third-order valence-corrected chi connectivity index (χ3v) is 3.95. The summed E-state index contributed by atoms with van der Waals surface area (Å²) in [4.78, 5) is 0. The Labute approximate surface area is 129 Å². The highest BCUT2D eigenvalue weighted by molar-refractivity contribution is 7.00. The fraction of sp³-hybridized carbons (Fsp3) is 0.250. The highest BCUT2D eigenvalue weighted by Crippen LogP contribution is 2.33. The Morgan fingerprint density at radius 1 is 1.25 bits per heavy atom. The molecule has 20 heavy (non-hydrogen) atoms. The second-order valence-corrected chi connectivity index (χ2v) is 5.53. The summed E-state index contributed by atoms with van der Waals surface area (Å²) in [6, 6.07) is 3.62. The maximum absolute atomic E-state index is 6.29. The topological polar surface area (TPSA) is 55.6 Å². The standard InChI is InChI=1S/C12H11Cl2N5S/c1-2-15-6-7-3-4-19(16-7)12-9(14)5-8(13)10-11(12)18-20-17-10/h3-5,15H,2,6H2,1H3. The summed E-state index contributed by atoms with van der Waals surface area (Å²) in [6.45, 7) is 3.67. The van der Waals surface area contributed by atoms with E-state index < -0.39 is 0 Å². The Balaban J connectivity index is 2.09. The molecule has 0 bridgehead atoms. The Hall–Kier alpha value is -1.21. The summed E-state index contributed by atoms with van der Waals surface area (Å²) in [6.07, 6.45) is 1.86. The average molecular weight is 328 g/mol. The maximum Gasteiger partial charge on any atom is 0.133 e. The van der Waals surface area contributed by atoms with Gasteiger partial charge in [-0.05, 0) is 18.7 Å². The first-order valence-electron chi connectivity index (χ1n) is 6.06. The molecule has 0 saturated heterocycles. The molecular formula is C12H11Cl2N5S. The van der Waals surface area contributed by atoms with Gasteiger partial charge in [-0.2, -0.15) is 13.8 Å². The lowest BCUT2D eigenvalue weighted by atomic mass is 10.2. The van der Waals surface area contributed by atoms with Crippen LogP contribution in [0.2, 0.25) is 10.0 Å². The zero-order chi connectivity index (χ0) is 14.1. The molecule has 8 heteroatoms. The lowest BCUT2D eigenvalue weighted by Gasteiger charge is -2.06. The van der Waals surface area contributed by atoms with Gasteiger partial charge in [-0.15, -0.1) is 0 Å². The van der Waals surface area contributed by atoms with Gasteiger partial charge in [0.2, 0.25) is 0 Å². The minimum Gasteiger partial charge on any atom is -0.311 e. The summed E-state index contributed by atoms with van der Waals surface area (Å²) in [7, 11) is 0. The lowest BCUT2D eigenvalue weighted by molar-refractivity contribution is 0.697. The Morgan fingerprint density at radius 3 is 2.85 bits per heavy atom. The highest BCUT2D eigenvalue weighted by Gasteiger charge is 2.16. The van der Waals surface area contributed by atoms with Gasteiger partial charge in [0.1, 0.15) is 16.7 Å². The second-order valence-electron chi connectivity index (χ2n) is 4.18. The molecule has 1 N–H and O–H groups in total. The number of halogens is 2. The van der Waals surface area contributed by atoms with Crippen molar-refractivity contribution in [3.8, 4) is 5.69 Å². The van der Waals surface area contributed by atoms with E-state index in [0.717, 1.165) is 24.0 Å². The van der Waals surface area contributed by atoms with Crippen LogP contribution in [0.3, 0.4) is 0 Å². The SMILES string of the molecule is CCNCc1ccn(-c2c(Cl)cc(Cl)c3nsnc23)n1. The summed E-state index contributed by atoms with van der Waals surface area (Å²) < 4.78 is 10.2. The number of aromatic nitrogens is 4. The van der Waals surface area contributed by atoms with Crippen molar-refractivity contribution in [3.05, 3.63) is 34.1 Å².